The van der Waals surface area contributed by atoms with E-state index in [0.29, 0.717) is 5.69 Å². The van der Waals surface area contributed by atoms with Gasteiger partial charge < -0.3 is 16.0 Å². The van der Waals surface area contributed by atoms with Crippen molar-refractivity contribution in [3.63, 3.8) is 0 Å². The Morgan fingerprint density at radius 3 is 3.00 bits per heavy atom. The summed E-state index contributed by atoms with van der Waals surface area (Å²) in [7, 11) is 0. The van der Waals surface area contributed by atoms with Crippen LogP contribution in [0.2, 0.25) is 0 Å². The molecule has 1 unspecified atom stereocenters. The first kappa shape index (κ1) is 14.0. The monoisotopic (exact) mass is 265 g/mol. The molecule has 104 valence electrons. The van der Waals surface area contributed by atoms with Gasteiger partial charge in [0, 0.05) is 17.8 Å². The summed E-state index contributed by atoms with van der Waals surface area (Å²) >= 11 is 0. The molecule has 19 heavy (non-hydrogen) atoms. The number of halogens is 1. The molecular weight excluding hydrogens is 245 g/mol. The van der Waals surface area contributed by atoms with Crippen molar-refractivity contribution in [3.05, 3.63) is 29.6 Å². The number of carbonyl (C=O) groups excluding carboxylic acids is 1. The van der Waals surface area contributed by atoms with E-state index in [1.54, 1.807) is 6.07 Å². The zero-order chi connectivity index (χ0) is 13.9. The molecular formula is C14H20FN3O. The molecule has 1 aromatic rings. The topological polar surface area (TPSA) is 53.2 Å². The molecule has 3 N–H and O–H groups in total. The fraction of sp³-hybridized carbons (Fsp3) is 0.500. The van der Waals surface area contributed by atoms with Crippen LogP contribution in [-0.2, 0) is 4.79 Å². The van der Waals surface area contributed by atoms with Crippen molar-refractivity contribution < 1.29 is 9.18 Å². The van der Waals surface area contributed by atoms with Gasteiger partial charge >= 0.3 is 0 Å². The number of benzene rings is 1. The van der Waals surface area contributed by atoms with E-state index in [9.17, 15) is 9.18 Å². The van der Waals surface area contributed by atoms with Crippen LogP contribution in [0.1, 0.15) is 18.9 Å². The molecule has 1 heterocycles. The van der Waals surface area contributed by atoms with Crippen LogP contribution in [0.15, 0.2) is 18.2 Å². The van der Waals surface area contributed by atoms with Crippen molar-refractivity contribution >= 4 is 11.6 Å². The predicted molar refractivity (Wildman–Crippen MR) is 73.7 cm³/mol. The van der Waals surface area contributed by atoms with E-state index < -0.39 is 0 Å². The molecule has 1 aromatic carbocycles. The van der Waals surface area contributed by atoms with Gasteiger partial charge in [-0.1, -0.05) is 6.07 Å². The summed E-state index contributed by atoms with van der Waals surface area (Å²) in [6.45, 7) is 5.99. The van der Waals surface area contributed by atoms with Gasteiger partial charge in [-0.2, -0.15) is 0 Å². The summed E-state index contributed by atoms with van der Waals surface area (Å²) < 4.78 is 13.1. The molecule has 0 spiro atoms. The van der Waals surface area contributed by atoms with Gasteiger partial charge in [-0.25, -0.2) is 4.39 Å². The minimum atomic E-state index is -0.346. The largest absolute Gasteiger partial charge is 0.325 e. The van der Waals surface area contributed by atoms with E-state index in [1.807, 2.05) is 6.92 Å². The number of amides is 1. The number of anilines is 1. The summed E-state index contributed by atoms with van der Waals surface area (Å²) in [6.07, 6.45) is 0.999. The third kappa shape index (κ3) is 3.75. The van der Waals surface area contributed by atoms with Gasteiger partial charge in [0.05, 0.1) is 6.54 Å². The highest BCUT2D eigenvalue weighted by atomic mass is 19.1. The predicted octanol–water partition coefficient (Wildman–Crippen LogP) is 1.41. The number of aryl methyl sites for hydroxylation is 1. The summed E-state index contributed by atoms with van der Waals surface area (Å²) in [6, 6.07) is 4.38. The number of rotatable bonds is 4. The minimum Gasteiger partial charge on any atom is -0.325 e. The maximum absolute atomic E-state index is 13.1. The van der Waals surface area contributed by atoms with Crippen LogP contribution in [0, 0.1) is 12.7 Å². The average molecular weight is 265 g/mol. The van der Waals surface area contributed by atoms with Gasteiger partial charge in [-0.15, -0.1) is 0 Å². The molecule has 1 atom stereocenters. The van der Waals surface area contributed by atoms with Crippen LogP contribution in [0.25, 0.3) is 0 Å². The van der Waals surface area contributed by atoms with Crippen molar-refractivity contribution in [2.24, 2.45) is 0 Å². The molecule has 1 aliphatic rings. The molecule has 5 heteroatoms. The Balaban J connectivity index is 1.89. The molecule has 1 aliphatic heterocycles. The van der Waals surface area contributed by atoms with Crippen LogP contribution in [-0.4, -0.2) is 31.1 Å². The Hall–Kier alpha value is -1.46. The lowest BCUT2D eigenvalue weighted by Gasteiger charge is -2.24. The summed E-state index contributed by atoms with van der Waals surface area (Å²) in [4.78, 5) is 11.9. The molecule has 0 aliphatic carbocycles. The number of carbonyl (C=O) groups is 1. The molecule has 4 nitrogen and oxygen atoms in total. The zero-order valence-corrected chi connectivity index (χ0v) is 11.3. The van der Waals surface area contributed by atoms with Crippen molar-refractivity contribution in [1.29, 1.82) is 0 Å². The van der Waals surface area contributed by atoms with Gasteiger partial charge in [0.2, 0.25) is 5.91 Å². The SMILES string of the molecule is Cc1ccc(F)cc1NC(=O)CNC1(C)CCNC1. The van der Waals surface area contributed by atoms with Gasteiger partial charge in [-0.05, 0) is 44.5 Å². The van der Waals surface area contributed by atoms with E-state index in [0.717, 1.165) is 25.1 Å². The van der Waals surface area contributed by atoms with Crippen LogP contribution >= 0.6 is 0 Å². The number of hydrogen-bond donors (Lipinski definition) is 3. The summed E-state index contributed by atoms with van der Waals surface area (Å²) in [5.41, 5.74) is 1.35. The fourth-order valence-corrected chi connectivity index (χ4v) is 2.18. The highest BCUT2D eigenvalue weighted by molar-refractivity contribution is 5.93. The van der Waals surface area contributed by atoms with Crippen molar-refractivity contribution in [2.45, 2.75) is 25.8 Å². The first-order valence-corrected chi connectivity index (χ1v) is 6.50. The van der Waals surface area contributed by atoms with Crippen LogP contribution < -0.4 is 16.0 Å². The quantitative estimate of drug-likeness (QED) is 0.771. The van der Waals surface area contributed by atoms with Gasteiger partial charge in [0.25, 0.3) is 0 Å². The van der Waals surface area contributed by atoms with Crippen LogP contribution in [0.3, 0.4) is 0 Å². The highest BCUT2D eigenvalue weighted by Crippen LogP contribution is 2.16. The Bertz CT molecular complexity index is 470. The van der Waals surface area contributed by atoms with Crippen molar-refractivity contribution in [1.82, 2.24) is 10.6 Å². The second-order valence-electron chi connectivity index (χ2n) is 5.35. The third-order valence-electron chi connectivity index (χ3n) is 3.52. The highest BCUT2D eigenvalue weighted by Gasteiger charge is 2.28. The van der Waals surface area contributed by atoms with E-state index in [-0.39, 0.29) is 23.8 Å². The smallest absolute Gasteiger partial charge is 0.238 e. The average Bonchev–Trinajstić information content (AvgIpc) is 2.79. The Morgan fingerprint density at radius 1 is 1.53 bits per heavy atom. The lowest BCUT2D eigenvalue weighted by Crippen LogP contribution is -2.47. The third-order valence-corrected chi connectivity index (χ3v) is 3.52. The maximum atomic E-state index is 13.1. The molecule has 1 saturated heterocycles. The van der Waals surface area contributed by atoms with E-state index in [2.05, 4.69) is 22.9 Å². The Labute approximate surface area is 112 Å². The molecule has 2 rings (SSSR count). The number of nitrogens with one attached hydrogen (secondary N) is 3. The lowest BCUT2D eigenvalue weighted by atomic mass is 10.0. The first-order chi connectivity index (χ1) is 8.98. The molecule has 0 aromatic heterocycles. The van der Waals surface area contributed by atoms with Crippen molar-refractivity contribution in [2.75, 3.05) is 25.0 Å². The Kier molecular flexibility index (Phi) is 4.17. The fourth-order valence-electron chi connectivity index (χ4n) is 2.18. The molecule has 0 bridgehead atoms. The van der Waals surface area contributed by atoms with Crippen molar-refractivity contribution in [3.8, 4) is 0 Å². The van der Waals surface area contributed by atoms with Gasteiger partial charge in [0.1, 0.15) is 5.82 Å². The maximum Gasteiger partial charge on any atom is 0.238 e. The molecule has 1 amide bonds. The van der Waals surface area contributed by atoms with Crippen LogP contribution in [0.5, 0.6) is 0 Å². The van der Waals surface area contributed by atoms with Crippen LogP contribution in [0.4, 0.5) is 10.1 Å². The molecule has 0 radical (unpaired) electrons. The standard InChI is InChI=1S/C14H20FN3O/c1-10-3-4-11(15)7-12(10)18-13(19)8-17-14(2)5-6-16-9-14/h3-4,7,16-17H,5-6,8-9H2,1-2H3,(H,18,19). The summed E-state index contributed by atoms with van der Waals surface area (Å²) in [5, 5.41) is 9.23. The Morgan fingerprint density at radius 2 is 2.32 bits per heavy atom. The molecule has 0 saturated carbocycles. The first-order valence-electron chi connectivity index (χ1n) is 6.50. The zero-order valence-electron chi connectivity index (χ0n) is 11.3. The van der Waals surface area contributed by atoms with Gasteiger partial charge in [0.15, 0.2) is 0 Å². The van der Waals surface area contributed by atoms with E-state index >= 15 is 0 Å². The second kappa shape index (κ2) is 5.67. The summed E-state index contributed by atoms with van der Waals surface area (Å²) in [5.74, 6) is -0.498. The normalized spacial score (nSPS) is 22.5. The van der Waals surface area contributed by atoms with E-state index in [4.69, 9.17) is 0 Å². The minimum absolute atomic E-state index is 0.0334. The van der Waals surface area contributed by atoms with Gasteiger partial charge in [-0.3, -0.25) is 4.79 Å². The lowest BCUT2D eigenvalue weighted by molar-refractivity contribution is -0.115. The number of hydrogen-bond acceptors (Lipinski definition) is 3. The van der Waals surface area contributed by atoms with E-state index in [1.165, 1.54) is 12.1 Å². The second-order valence-corrected chi connectivity index (χ2v) is 5.35. The molecule has 1 fully saturated rings.